The topological polar surface area (TPSA) is 44.8 Å². The number of hydrogen-bond donors (Lipinski definition) is 2. The van der Waals surface area contributed by atoms with Gasteiger partial charge in [0.2, 0.25) is 0 Å². The molecule has 3 atom stereocenters. The van der Waals surface area contributed by atoms with Crippen LogP contribution in [0.2, 0.25) is 0 Å². The van der Waals surface area contributed by atoms with E-state index in [0.29, 0.717) is 6.61 Å². The molecule has 17 heavy (non-hydrogen) atoms. The van der Waals surface area contributed by atoms with Gasteiger partial charge in [-0.3, -0.25) is 0 Å². The molecule has 0 amide bonds. The summed E-state index contributed by atoms with van der Waals surface area (Å²) >= 11 is 0. The molecular weight excluding hydrogens is 214 g/mol. The molecule has 1 saturated heterocycles. The lowest BCUT2D eigenvalue weighted by molar-refractivity contribution is 0.0508. The smallest absolute Gasteiger partial charge is 0.116 e. The number of aryl methyl sites for hydroxylation is 1. The summed E-state index contributed by atoms with van der Waals surface area (Å²) in [6, 6.07) is 10.4. The van der Waals surface area contributed by atoms with Gasteiger partial charge in [0, 0.05) is 6.04 Å². The number of benzene rings is 1. The maximum Gasteiger partial charge on any atom is 0.116 e. The number of rotatable bonds is 6. The molecule has 1 aliphatic rings. The maximum absolute atomic E-state index is 10.2. The molecule has 3 heteroatoms. The molecular formula is C14H21NO2. The number of hydrogen-bond acceptors (Lipinski definition) is 3. The van der Waals surface area contributed by atoms with Gasteiger partial charge in [-0.25, -0.2) is 0 Å². The molecule has 2 rings (SSSR count). The zero-order valence-electron chi connectivity index (χ0n) is 10.5. The van der Waals surface area contributed by atoms with Crippen molar-refractivity contribution in [1.82, 2.24) is 5.32 Å². The maximum atomic E-state index is 10.2. The average molecular weight is 235 g/mol. The number of ether oxygens (including phenoxy) is 1. The van der Waals surface area contributed by atoms with Crippen LogP contribution in [0.3, 0.4) is 0 Å². The Morgan fingerprint density at radius 2 is 2.06 bits per heavy atom. The van der Waals surface area contributed by atoms with E-state index in [0.717, 1.165) is 12.8 Å². The molecule has 0 aliphatic carbocycles. The highest BCUT2D eigenvalue weighted by atomic mass is 16.6. The van der Waals surface area contributed by atoms with Crippen LogP contribution in [0.25, 0.3) is 0 Å². The van der Waals surface area contributed by atoms with Crippen molar-refractivity contribution in [1.29, 1.82) is 0 Å². The Morgan fingerprint density at radius 3 is 2.59 bits per heavy atom. The van der Waals surface area contributed by atoms with E-state index < -0.39 is 6.10 Å². The number of aliphatic hydroxyl groups excluding tert-OH is 1. The SMILES string of the molecule is CNC(CCc1ccccc1)[C@H](O)[C@@]1(C)CO1. The number of aliphatic hydroxyl groups is 1. The highest BCUT2D eigenvalue weighted by molar-refractivity contribution is 5.15. The Hall–Kier alpha value is -0.900. The second-order valence-corrected chi connectivity index (χ2v) is 4.97. The van der Waals surface area contributed by atoms with Crippen LogP contribution < -0.4 is 5.32 Å². The van der Waals surface area contributed by atoms with Gasteiger partial charge in [0.05, 0.1) is 6.61 Å². The van der Waals surface area contributed by atoms with Crippen LogP contribution in [0.15, 0.2) is 30.3 Å². The van der Waals surface area contributed by atoms with Gasteiger partial charge in [-0.05, 0) is 32.4 Å². The molecule has 1 fully saturated rings. The third kappa shape index (κ3) is 3.06. The van der Waals surface area contributed by atoms with E-state index in [4.69, 9.17) is 4.74 Å². The first-order valence-electron chi connectivity index (χ1n) is 6.19. The molecule has 94 valence electrons. The first-order chi connectivity index (χ1) is 8.15. The Labute approximate surface area is 103 Å². The Morgan fingerprint density at radius 1 is 1.41 bits per heavy atom. The molecule has 1 aliphatic heterocycles. The van der Waals surface area contributed by atoms with Gasteiger partial charge in [-0.1, -0.05) is 30.3 Å². The third-order valence-corrected chi connectivity index (χ3v) is 3.56. The van der Waals surface area contributed by atoms with Crippen molar-refractivity contribution < 1.29 is 9.84 Å². The number of epoxide rings is 1. The molecule has 3 nitrogen and oxygen atoms in total. The van der Waals surface area contributed by atoms with Crippen molar-refractivity contribution in [3.05, 3.63) is 35.9 Å². The lowest BCUT2D eigenvalue weighted by Crippen LogP contribution is -2.45. The van der Waals surface area contributed by atoms with Crippen molar-refractivity contribution >= 4 is 0 Å². The average Bonchev–Trinajstić information content (AvgIpc) is 3.10. The van der Waals surface area contributed by atoms with E-state index in [1.807, 2.05) is 32.2 Å². The predicted molar refractivity (Wildman–Crippen MR) is 68.0 cm³/mol. The first-order valence-corrected chi connectivity index (χ1v) is 6.19. The van der Waals surface area contributed by atoms with E-state index in [1.165, 1.54) is 5.56 Å². The first kappa shape index (κ1) is 12.6. The molecule has 0 bridgehead atoms. The van der Waals surface area contributed by atoms with Gasteiger partial charge >= 0.3 is 0 Å². The zero-order valence-corrected chi connectivity index (χ0v) is 10.5. The van der Waals surface area contributed by atoms with Crippen molar-refractivity contribution in [2.24, 2.45) is 0 Å². The third-order valence-electron chi connectivity index (χ3n) is 3.56. The molecule has 0 spiro atoms. The Kier molecular flexibility index (Phi) is 3.82. The van der Waals surface area contributed by atoms with Gasteiger partial charge in [-0.2, -0.15) is 0 Å². The summed E-state index contributed by atoms with van der Waals surface area (Å²) in [6.07, 6.45) is 1.45. The molecule has 0 saturated carbocycles. The fraction of sp³-hybridized carbons (Fsp3) is 0.571. The van der Waals surface area contributed by atoms with E-state index in [9.17, 15) is 5.11 Å². The van der Waals surface area contributed by atoms with Crippen molar-refractivity contribution in [3.8, 4) is 0 Å². The quantitative estimate of drug-likeness (QED) is 0.732. The number of nitrogens with one attached hydrogen (secondary N) is 1. The minimum atomic E-state index is -0.434. The second kappa shape index (κ2) is 5.17. The molecule has 1 unspecified atom stereocenters. The van der Waals surface area contributed by atoms with Crippen LogP contribution in [-0.4, -0.2) is 36.5 Å². The lowest BCUT2D eigenvalue weighted by Gasteiger charge is -2.25. The van der Waals surface area contributed by atoms with Crippen molar-refractivity contribution in [3.63, 3.8) is 0 Å². The fourth-order valence-corrected chi connectivity index (χ4v) is 2.14. The Bertz CT molecular complexity index is 348. The highest BCUT2D eigenvalue weighted by Crippen LogP contribution is 2.32. The fourth-order valence-electron chi connectivity index (χ4n) is 2.14. The predicted octanol–water partition coefficient (Wildman–Crippen LogP) is 1.36. The lowest BCUT2D eigenvalue weighted by atomic mass is 9.93. The largest absolute Gasteiger partial charge is 0.388 e. The highest BCUT2D eigenvalue weighted by Gasteiger charge is 2.49. The van der Waals surface area contributed by atoms with Crippen LogP contribution in [0.5, 0.6) is 0 Å². The summed E-state index contributed by atoms with van der Waals surface area (Å²) in [6.45, 7) is 2.63. The van der Waals surface area contributed by atoms with Gasteiger partial charge < -0.3 is 15.2 Å². The van der Waals surface area contributed by atoms with Crippen LogP contribution >= 0.6 is 0 Å². The monoisotopic (exact) mass is 235 g/mol. The van der Waals surface area contributed by atoms with E-state index in [-0.39, 0.29) is 11.6 Å². The zero-order chi connectivity index (χ0) is 12.3. The molecule has 1 aromatic carbocycles. The van der Waals surface area contributed by atoms with Gasteiger partial charge in [0.1, 0.15) is 11.7 Å². The molecule has 2 N–H and O–H groups in total. The van der Waals surface area contributed by atoms with Crippen molar-refractivity contribution in [2.75, 3.05) is 13.7 Å². The summed E-state index contributed by atoms with van der Waals surface area (Å²) < 4.78 is 5.30. The number of likely N-dealkylation sites (N-methyl/N-ethyl adjacent to an activating group) is 1. The van der Waals surface area contributed by atoms with Gasteiger partial charge in [0.15, 0.2) is 0 Å². The van der Waals surface area contributed by atoms with Gasteiger partial charge in [0.25, 0.3) is 0 Å². The Balaban J connectivity index is 1.87. The standard InChI is InChI=1S/C14H21NO2/c1-14(10-17-14)13(16)12(15-2)9-8-11-6-4-3-5-7-11/h3-7,12-13,15-16H,8-10H2,1-2H3/t12?,13-,14+/m0/s1. The summed E-state index contributed by atoms with van der Waals surface area (Å²) in [4.78, 5) is 0. The van der Waals surface area contributed by atoms with Crippen LogP contribution in [-0.2, 0) is 11.2 Å². The van der Waals surface area contributed by atoms with Crippen LogP contribution in [0.4, 0.5) is 0 Å². The van der Waals surface area contributed by atoms with Gasteiger partial charge in [-0.15, -0.1) is 0 Å². The van der Waals surface area contributed by atoms with E-state index in [1.54, 1.807) is 0 Å². The summed E-state index contributed by atoms with van der Waals surface area (Å²) in [5.74, 6) is 0. The second-order valence-electron chi connectivity index (χ2n) is 4.97. The summed E-state index contributed by atoms with van der Waals surface area (Å²) in [5, 5.41) is 13.4. The summed E-state index contributed by atoms with van der Waals surface area (Å²) in [5.41, 5.74) is 0.978. The van der Waals surface area contributed by atoms with Crippen LogP contribution in [0.1, 0.15) is 18.9 Å². The van der Waals surface area contributed by atoms with E-state index >= 15 is 0 Å². The molecule has 0 radical (unpaired) electrons. The minimum absolute atomic E-state index is 0.0858. The normalized spacial score (nSPS) is 26.5. The molecule has 1 aromatic rings. The van der Waals surface area contributed by atoms with Crippen molar-refractivity contribution in [2.45, 2.75) is 37.5 Å². The summed E-state index contributed by atoms with van der Waals surface area (Å²) in [7, 11) is 1.89. The van der Waals surface area contributed by atoms with Crippen LogP contribution in [0, 0.1) is 0 Å². The molecule has 0 aromatic heterocycles. The molecule has 1 heterocycles. The minimum Gasteiger partial charge on any atom is -0.388 e. The van der Waals surface area contributed by atoms with E-state index in [2.05, 4.69) is 17.4 Å².